The van der Waals surface area contributed by atoms with Crippen molar-refractivity contribution in [3.05, 3.63) is 84.4 Å². The molecule has 1 amide bonds. The zero-order chi connectivity index (χ0) is 27.2. The molecule has 15 heteroatoms. The Morgan fingerprint density at radius 2 is 1.68 bits per heavy atom. The Bertz CT molecular complexity index is 1390. The number of hydrogen-bond donors (Lipinski definition) is 1. The molecule has 0 spiro atoms. The molecule has 0 aliphatic rings. The molecule has 1 unspecified atom stereocenters. The molecule has 3 heterocycles. The summed E-state index contributed by atoms with van der Waals surface area (Å²) in [5.41, 5.74) is 0.287. The zero-order valence-electron chi connectivity index (χ0n) is 18.7. The van der Waals surface area contributed by atoms with E-state index in [0.29, 0.717) is 11.3 Å². The van der Waals surface area contributed by atoms with Crippen LogP contribution in [0, 0.1) is 0 Å². The normalized spacial score (nSPS) is 11.7. The van der Waals surface area contributed by atoms with Gasteiger partial charge in [-0.3, -0.25) is 14.0 Å². The molecule has 0 aliphatic carbocycles. The number of nitrogens with one attached hydrogen (secondary N) is 1. The number of pyridine rings is 2. The first-order valence-corrected chi connectivity index (χ1v) is 25.1. The first-order valence-electron chi connectivity index (χ1n) is 10.0. The van der Waals surface area contributed by atoms with Crippen molar-refractivity contribution in [2.24, 2.45) is 0 Å². The van der Waals surface area contributed by atoms with Gasteiger partial charge in [-0.25, -0.2) is 9.67 Å². The van der Waals surface area contributed by atoms with Crippen molar-refractivity contribution in [3.63, 3.8) is 0 Å². The van der Waals surface area contributed by atoms with Gasteiger partial charge in [-0.1, -0.05) is 7.43 Å². The third kappa shape index (κ3) is 9.24. The minimum absolute atomic E-state index is 0. The van der Waals surface area contributed by atoms with E-state index >= 15 is 0 Å². The van der Waals surface area contributed by atoms with Gasteiger partial charge in [-0.2, -0.15) is 18.3 Å². The Labute approximate surface area is 258 Å². The first kappa shape index (κ1) is 33.1. The monoisotopic (exact) mass is 919 g/mol. The third-order valence-corrected chi connectivity index (χ3v) is 5.48. The van der Waals surface area contributed by atoms with Gasteiger partial charge in [0, 0.05) is 36.1 Å². The van der Waals surface area contributed by atoms with E-state index in [1.165, 1.54) is 55.2 Å². The van der Waals surface area contributed by atoms with E-state index in [0.717, 1.165) is 10.7 Å². The molecule has 1 N–H and O–H groups in total. The topological polar surface area (TPSA) is 89.8 Å². The van der Waals surface area contributed by atoms with E-state index in [4.69, 9.17) is 0 Å². The fraction of sp³-hybridized carbons (Fsp3) is 0.130. The van der Waals surface area contributed by atoms with E-state index in [2.05, 4.69) is 80.3 Å². The molecule has 0 aliphatic heterocycles. The van der Waals surface area contributed by atoms with Gasteiger partial charge in [0.1, 0.15) is 10.7 Å². The Kier molecular flexibility index (Phi) is 13.1. The second-order valence-electron chi connectivity index (χ2n) is 7.07. The van der Waals surface area contributed by atoms with Crippen LogP contribution in [0.1, 0.15) is 23.5 Å². The average molecular weight is 919 g/mol. The number of carbonyl (C=O) groups is 1. The maximum atomic E-state index is 13.6. The number of anilines is 1. The van der Waals surface area contributed by atoms with Gasteiger partial charge in [0.05, 0.1) is 27.7 Å². The minimum atomic E-state index is -4.63. The van der Waals surface area contributed by atoms with E-state index in [1.54, 1.807) is 18.2 Å². The van der Waals surface area contributed by atoms with Crippen LogP contribution in [0.5, 0.6) is 0 Å². The van der Waals surface area contributed by atoms with Gasteiger partial charge < -0.3 is 5.32 Å². The quantitative estimate of drug-likeness (QED) is 0.208. The van der Waals surface area contributed by atoms with Crippen LogP contribution in [-0.2, 0) is 21.9 Å². The summed E-state index contributed by atoms with van der Waals surface area (Å²) >= 11 is 7.39. The van der Waals surface area contributed by atoms with Gasteiger partial charge in [-0.15, -0.1) is 0 Å². The molecule has 0 bridgehead atoms. The number of aromatic nitrogens is 4. The van der Waals surface area contributed by atoms with E-state index < -0.39 is 28.6 Å². The Morgan fingerprint density at radius 3 is 2.24 bits per heavy atom. The number of alkyl halides is 3. The molecule has 0 saturated heterocycles. The van der Waals surface area contributed by atoms with E-state index in [-0.39, 0.29) is 34.3 Å². The second-order valence-corrected chi connectivity index (χ2v) is 43.7. The zero-order valence-corrected chi connectivity index (χ0v) is 27.3. The van der Waals surface area contributed by atoms with Crippen LogP contribution in [0.2, 0.25) is 0 Å². The summed E-state index contributed by atoms with van der Waals surface area (Å²) < 4.78 is 53.5. The van der Waals surface area contributed by atoms with Crippen molar-refractivity contribution in [1.29, 1.82) is 0 Å². The molecule has 1 aromatic carbocycles. The van der Waals surface area contributed by atoms with Crippen LogP contribution >= 0.6 is 59.9 Å². The van der Waals surface area contributed by atoms with Gasteiger partial charge in [0.2, 0.25) is 0 Å². The molecule has 4 rings (SSSR count). The molecule has 1 atom stereocenters. The standard InChI is InChI=1S/C22H16F3N5O2S.CH4.3HI.V/c1-33(32)21-17(5-3-11-27-21)20(31)28-15-6-8-16(9-7-15)30-19(22(23,24)25)12-18(29-30)14-4-2-10-26-13-14;;;;;/h2-13H,1H3,(H,28,31);1H4;3*1H;/q;;;;;+3/p-3. The van der Waals surface area contributed by atoms with E-state index in [9.17, 15) is 22.2 Å². The van der Waals surface area contributed by atoms with Gasteiger partial charge in [-0.05, 0) is 54.6 Å². The third-order valence-electron chi connectivity index (χ3n) is 4.61. The van der Waals surface area contributed by atoms with Crippen molar-refractivity contribution in [2.75, 3.05) is 11.6 Å². The van der Waals surface area contributed by atoms with Crippen molar-refractivity contribution in [2.45, 2.75) is 18.6 Å². The summed E-state index contributed by atoms with van der Waals surface area (Å²) in [6.45, 7) is 0. The summed E-state index contributed by atoms with van der Waals surface area (Å²) in [7, 11) is -1.47. The number of carbonyl (C=O) groups excluding carboxylic acids is 1. The Morgan fingerprint density at radius 1 is 1.05 bits per heavy atom. The van der Waals surface area contributed by atoms with Crippen LogP contribution in [0.4, 0.5) is 18.9 Å². The molecule has 38 heavy (non-hydrogen) atoms. The molecule has 202 valence electrons. The number of amides is 1. The summed E-state index contributed by atoms with van der Waals surface area (Å²) in [6.07, 6.45) is 1.17. The van der Waals surface area contributed by atoms with Crippen LogP contribution < -0.4 is 5.32 Å². The van der Waals surface area contributed by atoms with Crippen molar-refractivity contribution >= 4 is 82.3 Å². The molecule has 4 aromatic rings. The maximum absolute atomic E-state index is 13.6. The second kappa shape index (κ2) is 15.1. The van der Waals surface area contributed by atoms with Crippen LogP contribution in [0.3, 0.4) is 0 Å². The van der Waals surface area contributed by atoms with Crippen molar-refractivity contribution in [1.82, 2.24) is 19.7 Å². The van der Waals surface area contributed by atoms with Crippen molar-refractivity contribution < 1.29 is 27.1 Å². The van der Waals surface area contributed by atoms with Gasteiger partial charge in [0.15, 0.2) is 0 Å². The first-order chi connectivity index (χ1) is 17.5. The number of hydrogen-bond acceptors (Lipinski definition) is 5. The van der Waals surface area contributed by atoms with Crippen LogP contribution in [-0.4, -0.2) is 36.1 Å². The fourth-order valence-corrected chi connectivity index (χ4v) is 3.79. The number of halogens is 6. The summed E-state index contributed by atoms with van der Waals surface area (Å²) in [6, 6.07) is 13.0. The van der Waals surface area contributed by atoms with Gasteiger partial charge in [0.25, 0.3) is 5.91 Å². The average Bonchev–Trinajstić information content (AvgIpc) is 3.31. The molecular weight excluding hydrogens is 899 g/mol. The predicted octanol–water partition coefficient (Wildman–Crippen LogP) is 7.63. The van der Waals surface area contributed by atoms with Crippen molar-refractivity contribution in [3.8, 4) is 16.9 Å². The molecular formula is C23H20F3I3N5O2SV. The van der Waals surface area contributed by atoms with Gasteiger partial charge >= 0.3 is 71.0 Å². The fourth-order valence-electron chi connectivity index (χ4n) is 3.11. The summed E-state index contributed by atoms with van der Waals surface area (Å²) in [4.78, 5) is 20.2. The van der Waals surface area contributed by atoms with E-state index in [1.807, 2.05) is 0 Å². The number of rotatable bonds is 5. The summed E-state index contributed by atoms with van der Waals surface area (Å²) in [5.74, 6) is -0.532. The molecule has 0 saturated carbocycles. The molecule has 0 radical (unpaired) electrons. The van der Waals surface area contributed by atoms with Crippen LogP contribution in [0.25, 0.3) is 16.9 Å². The SMILES string of the molecule is C.CS(=O)c1ncccc1C(=O)Nc1ccc(-n2nc(-c3cccnc3)cc2C(F)(F)F)cc1.[I][V]([I])[I]. The molecule has 0 fully saturated rings. The number of nitrogens with zero attached hydrogens (tertiary/aromatic N) is 4. The van der Waals surface area contributed by atoms with Crippen LogP contribution in [0.15, 0.2) is 78.2 Å². The number of benzene rings is 1. The summed E-state index contributed by atoms with van der Waals surface area (Å²) in [5, 5.41) is 6.89. The molecule has 3 aromatic heterocycles. The molecule has 7 nitrogen and oxygen atoms in total. The Hall–Kier alpha value is -1.09. The predicted molar refractivity (Wildman–Crippen MR) is 165 cm³/mol. The Balaban J connectivity index is 0.000000947.